The molecule has 0 fully saturated rings. The average Bonchev–Trinajstić information content (AvgIpc) is 2.78. The van der Waals surface area contributed by atoms with E-state index in [4.69, 9.17) is 16.3 Å². The summed E-state index contributed by atoms with van der Waals surface area (Å²) in [6.07, 6.45) is 4.93. The zero-order valence-corrected chi connectivity index (χ0v) is 15.3. The number of nitrogens with zero attached hydrogens (tertiary/aromatic N) is 1. The number of ether oxygens (including phenoxy) is 1. The first kappa shape index (κ1) is 16.5. The van der Waals surface area contributed by atoms with Gasteiger partial charge in [-0.1, -0.05) is 29.8 Å². The Morgan fingerprint density at radius 1 is 1.16 bits per heavy atom. The molecule has 3 nitrogen and oxygen atoms in total. The molecule has 0 saturated heterocycles. The number of benzene rings is 2. The summed E-state index contributed by atoms with van der Waals surface area (Å²) in [7, 11) is 0. The van der Waals surface area contributed by atoms with E-state index in [-0.39, 0.29) is 12.0 Å². The Bertz CT molecular complexity index is 846. The van der Waals surface area contributed by atoms with Gasteiger partial charge >= 0.3 is 0 Å². The van der Waals surface area contributed by atoms with E-state index in [1.54, 1.807) is 0 Å². The molecular weight excluding hydrogens is 334 g/mol. The van der Waals surface area contributed by atoms with E-state index in [1.807, 2.05) is 18.2 Å². The van der Waals surface area contributed by atoms with E-state index in [1.165, 1.54) is 11.3 Å². The van der Waals surface area contributed by atoms with Crippen LogP contribution < -0.4 is 9.64 Å². The van der Waals surface area contributed by atoms with Gasteiger partial charge in [0, 0.05) is 29.4 Å². The van der Waals surface area contributed by atoms with Crippen LogP contribution in [0.4, 0.5) is 5.69 Å². The van der Waals surface area contributed by atoms with Crippen molar-refractivity contribution in [1.29, 1.82) is 0 Å². The summed E-state index contributed by atoms with van der Waals surface area (Å²) in [4.78, 5) is 2.28. The zero-order chi connectivity index (χ0) is 17.7. The number of hydrogen-bond acceptors (Lipinski definition) is 3. The number of para-hydroxylation sites is 1. The SMILES string of the molecule is CC1(C)c2ccccc2N(CCCO)C12C=Cc1cc(Cl)ccc1O2. The van der Waals surface area contributed by atoms with Gasteiger partial charge in [-0.25, -0.2) is 0 Å². The minimum Gasteiger partial charge on any atom is -0.463 e. The highest BCUT2D eigenvalue weighted by Crippen LogP contribution is 2.54. The molecule has 2 heterocycles. The molecule has 1 unspecified atom stereocenters. The Balaban J connectivity index is 1.86. The molecule has 2 aromatic rings. The fourth-order valence-electron chi connectivity index (χ4n) is 4.09. The minimum atomic E-state index is -0.618. The van der Waals surface area contributed by atoms with Crippen LogP contribution in [0.2, 0.25) is 5.02 Å². The molecule has 0 radical (unpaired) electrons. The van der Waals surface area contributed by atoms with Crippen LogP contribution in [0.5, 0.6) is 5.75 Å². The summed E-state index contributed by atoms with van der Waals surface area (Å²) < 4.78 is 6.64. The molecule has 0 bridgehead atoms. The van der Waals surface area contributed by atoms with Crippen LogP contribution in [0.15, 0.2) is 48.5 Å². The summed E-state index contributed by atoms with van der Waals surface area (Å²) in [6, 6.07) is 14.2. The van der Waals surface area contributed by atoms with Crippen molar-refractivity contribution in [3.05, 3.63) is 64.7 Å². The summed E-state index contributed by atoms with van der Waals surface area (Å²) in [6.45, 7) is 5.32. The van der Waals surface area contributed by atoms with Gasteiger partial charge in [-0.3, -0.25) is 0 Å². The van der Waals surface area contributed by atoms with Crippen LogP contribution in [-0.4, -0.2) is 24.0 Å². The van der Waals surface area contributed by atoms with Gasteiger partial charge in [0.15, 0.2) is 0 Å². The quantitative estimate of drug-likeness (QED) is 0.871. The van der Waals surface area contributed by atoms with E-state index in [0.717, 1.165) is 17.9 Å². The Morgan fingerprint density at radius 2 is 1.96 bits per heavy atom. The third-order valence-electron chi connectivity index (χ3n) is 5.43. The smallest absolute Gasteiger partial charge is 0.212 e. The van der Waals surface area contributed by atoms with Crippen molar-refractivity contribution >= 4 is 23.4 Å². The Hall–Kier alpha value is -1.97. The molecule has 0 amide bonds. The van der Waals surface area contributed by atoms with E-state index in [0.29, 0.717) is 11.4 Å². The van der Waals surface area contributed by atoms with E-state index >= 15 is 0 Å². The monoisotopic (exact) mass is 355 g/mol. The fourth-order valence-corrected chi connectivity index (χ4v) is 4.27. The maximum Gasteiger partial charge on any atom is 0.212 e. The van der Waals surface area contributed by atoms with Gasteiger partial charge in [0.05, 0.1) is 5.41 Å². The molecular formula is C21H22ClNO2. The fraction of sp³-hybridized carbons (Fsp3) is 0.333. The maximum absolute atomic E-state index is 9.38. The first-order valence-electron chi connectivity index (χ1n) is 8.65. The van der Waals surface area contributed by atoms with Crippen LogP contribution in [0.25, 0.3) is 6.08 Å². The second kappa shape index (κ2) is 5.79. The van der Waals surface area contributed by atoms with Crippen LogP contribution in [0.3, 0.4) is 0 Å². The highest BCUT2D eigenvalue weighted by molar-refractivity contribution is 6.30. The molecule has 130 valence electrons. The number of aliphatic hydroxyl groups excluding tert-OH is 1. The number of anilines is 1. The van der Waals surface area contributed by atoms with Gasteiger partial charge in [0.25, 0.3) is 0 Å². The lowest BCUT2D eigenvalue weighted by molar-refractivity contribution is 0.0524. The second-order valence-electron chi connectivity index (χ2n) is 7.18. The summed E-state index contributed by atoms with van der Waals surface area (Å²) >= 11 is 6.13. The summed E-state index contributed by atoms with van der Waals surface area (Å²) in [5.74, 6) is 0.835. The molecule has 1 spiro atoms. The van der Waals surface area contributed by atoms with Crippen LogP contribution >= 0.6 is 11.6 Å². The maximum atomic E-state index is 9.38. The summed E-state index contributed by atoms with van der Waals surface area (Å²) in [5, 5.41) is 10.1. The summed E-state index contributed by atoms with van der Waals surface area (Å²) in [5.41, 5.74) is 2.56. The van der Waals surface area contributed by atoms with Crippen LogP contribution in [-0.2, 0) is 5.41 Å². The predicted molar refractivity (Wildman–Crippen MR) is 102 cm³/mol. The molecule has 1 atom stereocenters. The van der Waals surface area contributed by atoms with Crippen molar-refractivity contribution in [2.45, 2.75) is 31.4 Å². The molecule has 0 saturated carbocycles. The van der Waals surface area contributed by atoms with Gasteiger partial charge in [-0.05, 0) is 62.2 Å². The van der Waals surface area contributed by atoms with Gasteiger partial charge in [-0.2, -0.15) is 0 Å². The minimum absolute atomic E-state index is 0.158. The van der Waals surface area contributed by atoms with Crippen molar-refractivity contribution in [3.8, 4) is 5.75 Å². The lowest BCUT2D eigenvalue weighted by Gasteiger charge is -2.47. The number of rotatable bonds is 3. The van der Waals surface area contributed by atoms with Crippen molar-refractivity contribution in [3.63, 3.8) is 0 Å². The van der Waals surface area contributed by atoms with Crippen molar-refractivity contribution < 1.29 is 9.84 Å². The van der Waals surface area contributed by atoms with E-state index in [2.05, 4.69) is 55.2 Å². The van der Waals surface area contributed by atoms with Crippen molar-refractivity contribution in [2.24, 2.45) is 0 Å². The molecule has 2 aromatic carbocycles. The number of aliphatic hydroxyl groups is 1. The molecule has 4 heteroatoms. The van der Waals surface area contributed by atoms with Gasteiger partial charge < -0.3 is 14.7 Å². The number of hydrogen-bond donors (Lipinski definition) is 1. The van der Waals surface area contributed by atoms with Gasteiger partial charge in [0.2, 0.25) is 5.72 Å². The normalized spacial score (nSPS) is 22.6. The third kappa shape index (κ3) is 2.30. The van der Waals surface area contributed by atoms with Crippen molar-refractivity contribution in [2.75, 3.05) is 18.1 Å². The average molecular weight is 356 g/mol. The third-order valence-corrected chi connectivity index (χ3v) is 5.67. The van der Waals surface area contributed by atoms with Gasteiger partial charge in [-0.15, -0.1) is 0 Å². The molecule has 0 aromatic heterocycles. The Labute approximate surface area is 153 Å². The highest BCUT2D eigenvalue weighted by Gasteiger charge is 2.58. The largest absolute Gasteiger partial charge is 0.463 e. The van der Waals surface area contributed by atoms with Crippen LogP contribution in [0, 0.1) is 0 Å². The molecule has 2 aliphatic rings. The topological polar surface area (TPSA) is 32.7 Å². The molecule has 1 N–H and O–H groups in total. The van der Waals surface area contributed by atoms with Gasteiger partial charge in [0.1, 0.15) is 5.75 Å². The Morgan fingerprint density at radius 3 is 2.76 bits per heavy atom. The molecule has 25 heavy (non-hydrogen) atoms. The lowest BCUT2D eigenvalue weighted by Crippen LogP contribution is -2.59. The zero-order valence-electron chi connectivity index (χ0n) is 14.5. The Kier molecular flexibility index (Phi) is 3.82. The highest BCUT2D eigenvalue weighted by atomic mass is 35.5. The molecule has 4 rings (SSSR count). The standard InChI is InChI=1S/C21H22ClNO2/c1-20(2)17-6-3-4-7-18(17)23(12-5-13-24)21(20)11-10-15-14-16(22)8-9-19(15)25-21/h3-4,6-11,14,24H,5,12-13H2,1-2H3. The first-order valence-corrected chi connectivity index (χ1v) is 9.03. The van der Waals surface area contributed by atoms with Crippen LogP contribution in [0.1, 0.15) is 31.4 Å². The molecule has 2 aliphatic heterocycles. The number of halogens is 1. The van der Waals surface area contributed by atoms with Crippen molar-refractivity contribution in [1.82, 2.24) is 0 Å². The second-order valence-corrected chi connectivity index (χ2v) is 7.62. The van der Waals surface area contributed by atoms with E-state index in [9.17, 15) is 5.11 Å². The van der Waals surface area contributed by atoms with E-state index < -0.39 is 5.72 Å². The lowest BCUT2D eigenvalue weighted by atomic mass is 9.76. The first-order chi connectivity index (χ1) is 12.0. The molecule has 0 aliphatic carbocycles. The predicted octanol–water partition coefficient (Wildman–Crippen LogP) is 4.62. The number of fused-ring (bicyclic) bond motifs is 2.